The maximum Gasteiger partial charge on any atom is 0.417 e. The molecule has 12 nitrogen and oxygen atoms in total. The van der Waals surface area contributed by atoms with Crippen LogP contribution in [0.3, 0.4) is 0 Å². The van der Waals surface area contributed by atoms with Crippen LogP contribution in [0.15, 0.2) is 110 Å². The molecule has 4 aromatic heterocycles. The first-order chi connectivity index (χ1) is 25.6. The number of imidazole rings is 1. The Kier molecular flexibility index (Phi) is 9.46. The number of aromatic nitrogens is 7. The van der Waals surface area contributed by atoms with Crippen LogP contribution < -0.4 is 19.7 Å². The third-order valence-electron chi connectivity index (χ3n) is 8.57. The molecule has 15 heteroatoms. The number of anilines is 2. The molecule has 0 fully saturated rings. The van der Waals surface area contributed by atoms with Crippen LogP contribution in [-0.2, 0) is 19.3 Å². The molecule has 7 rings (SSSR count). The van der Waals surface area contributed by atoms with Gasteiger partial charge in [0.2, 0.25) is 0 Å². The van der Waals surface area contributed by atoms with Crippen molar-refractivity contribution in [2.75, 3.05) is 24.4 Å². The van der Waals surface area contributed by atoms with Crippen LogP contribution in [0.25, 0.3) is 22.6 Å². The number of alkyl halides is 3. The van der Waals surface area contributed by atoms with Crippen molar-refractivity contribution >= 4 is 23.1 Å². The highest BCUT2D eigenvalue weighted by molar-refractivity contribution is 6.04. The van der Waals surface area contributed by atoms with E-state index >= 15 is 0 Å². The summed E-state index contributed by atoms with van der Waals surface area (Å²) in [5.41, 5.74) is 4.64. The van der Waals surface area contributed by atoms with E-state index in [4.69, 9.17) is 14.5 Å². The van der Waals surface area contributed by atoms with E-state index in [-0.39, 0.29) is 5.56 Å². The molecule has 0 saturated heterocycles. The minimum atomic E-state index is -4.62. The second kappa shape index (κ2) is 14.5. The Bertz CT molecular complexity index is 2340. The van der Waals surface area contributed by atoms with Crippen molar-refractivity contribution in [3.8, 4) is 28.4 Å². The Balaban J connectivity index is 1.17. The van der Waals surface area contributed by atoms with E-state index in [2.05, 4.69) is 30.4 Å². The number of hydrogen-bond donors (Lipinski definition) is 1. The van der Waals surface area contributed by atoms with Gasteiger partial charge in [0.15, 0.2) is 11.5 Å². The van der Waals surface area contributed by atoms with Gasteiger partial charge < -0.3 is 19.7 Å². The third kappa shape index (κ3) is 7.49. The summed E-state index contributed by atoms with van der Waals surface area (Å²) >= 11 is 0. The Labute approximate surface area is 301 Å². The maximum atomic E-state index is 13.2. The fraction of sp³-hybridized carbons (Fsp3) is 0.158. The van der Waals surface area contributed by atoms with Crippen LogP contribution in [0.1, 0.15) is 32.6 Å². The van der Waals surface area contributed by atoms with E-state index in [0.717, 1.165) is 40.5 Å². The number of ether oxygens (including phenoxy) is 2. The summed E-state index contributed by atoms with van der Waals surface area (Å²) in [7, 11) is 3.26. The van der Waals surface area contributed by atoms with Crippen molar-refractivity contribution < 1.29 is 27.4 Å². The number of hydrogen-bond acceptors (Lipinski definition) is 9. The standard InChI is InChI=1S/C38H32F3N9O3/c1-24-4-9-30(47-37(51)27-14-29(18-42-16-27)38(39,40)41)15-33(24)49-22-28(17-45-49)34-19-43-36-35(44-23-46-50(34)36)48(20-25-5-10-31(52-2)11-6-25)21-26-7-12-32(53-3)13-8-26/h4-19,22-23H,20-21H2,1-3H3,(H,47,51). The number of fused-ring (bicyclic) bond motifs is 1. The molecule has 0 bridgehead atoms. The van der Waals surface area contributed by atoms with Crippen LogP contribution in [0.5, 0.6) is 11.5 Å². The molecule has 0 aliphatic rings. The minimum Gasteiger partial charge on any atom is -0.497 e. The predicted octanol–water partition coefficient (Wildman–Crippen LogP) is 7.18. The fourth-order valence-electron chi connectivity index (χ4n) is 5.78. The molecule has 53 heavy (non-hydrogen) atoms. The fourth-order valence-corrected chi connectivity index (χ4v) is 5.78. The number of aryl methyl sites for hydroxylation is 1. The number of rotatable bonds is 11. The molecule has 3 aromatic carbocycles. The summed E-state index contributed by atoms with van der Waals surface area (Å²) in [6, 6.07) is 21.6. The average molecular weight is 720 g/mol. The van der Waals surface area contributed by atoms with Crippen LogP contribution in [0, 0.1) is 6.92 Å². The van der Waals surface area contributed by atoms with Gasteiger partial charge in [0.25, 0.3) is 5.91 Å². The molecule has 0 atom stereocenters. The Morgan fingerprint density at radius 1 is 0.830 bits per heavy atom. The summed E-state index contributed by atoms with van der Waals surface area (Å²) in [5.74, 6) is 1.42. The lowest BCUT2D eigenvalue weighted by Gasteiger charge is -2.24. The lowest BCUT2D eigenvalue weighted by atomic mass is 10.1. The zero-order chi connectivity index (χ0) is 37.1. The number of benzene rings is 3. The molecule has 0 spiro atoms. The molecule has 0 unspecified atom stereocenters. The number of nitrogens with zero attached hydrogens (tertiary/aromatic N) is 8. The van der Waals surface area contributed by atoms with Gasteiger partial charge in [0.1, 0.15) is 17.8 Å². The lowest BCUT2D eigenvalue weighted by molar-refractivity contribution is -0.137. The molecule has 0 saturated carbocycles. The highest BCUT2D eigenvalue weighted by Gasteiger charge is 2.31. The van der Waals surface area contributed by atoms with E-state index in [1.807, 2.05) is 61.7 Å². The molecule has 1 amide bonds. The number of methoxy groups -OCH3 is 2. The van der Waals surface area contributed by atoms with Crippen molar-refractivity contribution in [1.82, 2.24) is 34.3 Å². The van der Waals surface area contributed by atoms with Crippen LogP contribution in [0.2, 0.25) is 0 Å². The molecule has 4 heterocycles. The van der Waals surface area contributed by atoms with E-state index in [0.29, 0.717) is 53.4 Å². The zero-order valence-corrected chi connectivity index (χ0v) is 28.7. The van der Waals surface area contributed by atoms with Gasteiger partial charge >= 0.3 is 6.18 Å². The van der Waals surface area contributed by atoms with E-state index in [1.54, 1.807) is 54.0 Å². The van der Waals surface area contributed by atoms with Gasteiger partial charge in [0, 0.05) is 42.9 Å². The number of nitrogens with one attached hydrogen (secondary N) is 1. The van der Waals surface area contributed by atoms with Crippen molar-refractivity contribution in [2.24, 2.45) is 0 Å². The van der Waals surface area contributed by atoms with Gasteiger partial charge in [-0.1, -0.05) is 30.3 Å². The van der Waals surface area contributed by atoms with Gasteiger partial charge in [-0.25, -0.2) is 19.2 Å². The lowest BCUT2D eigenvalue weighted by Crippen LogP contribution is -2.24. The van der Waals surface area contributed by atoms with Gasteiger partial charge in [0.05, 0.1) is 49.1 Å². The minimum absolute atomic E-state index is 0.219. The van der Waals surface area contributed by atoms with E-state index in [1.165, 1.54) is 6.33 Å². The molecule has 0 aliphatic heterocycles. The van der Waals surface area contributed by atoms with Crippen LogP contribution in [-0.4, -0.2) is 54.5 Å². The Morgan fingerprint density at radius 2 is 1.51 bits per heavy atom. The van der Waals surface area contributed by atoms with Gasteiger partial charge in [-0.3, -0.25) is 9.78 Å². The van der Waals surface area contributed by atoms with Crippen LogP contribution in [0.4, 0.5) is 24.7 Å². The molecular weight excluding hydrogens is 687 g/mol. The molecule has 0 radical (unpaired) electrons. The Hall–Kier alpha value is -6.77. The smallest absolute Gasteiger partial charge is 0.417 e. The average Bonchev–Trinajstić information content (AvgIpc) is 3.83. The van der Waals surface area contributed by atoms with Gasteiger partial charge in [-0.05, 0) is 66.1 Å². The number of amides is 1. The summed E-state index contributed by atoms with van der Waals surface area (Å²) in [6.45, 7) is 2.94. The molecule has 0 aliphatic carbocycles. The monoisotopic (exact) mass is 719 g/mol. The highest BCUT2D eigenvalue weighted by Crippen LogP contribution is 2.30. The largest absolute Gasteiger partial charge is 0.497 e. The normalized spacial score (nSPS) is 11.4. The molecule has 7 aromatic rings. The third-order valence-corrected chi connectivity index (χ3v) is 8.57. The second-order valence-corrected chi connectivity index (χ2v) is 12.1. The number of carbonyl (C=O) groups excluding carboxylic acids is 1. The van der Waals surface area contributed by atoms with Gasteiger partial charge in [-0.15, -0.1) is 0 Å². The van der Waals surface area contributed by atoms with E-state index in [9.17, 15) is 18.0 Å². The predicted molar refractivity (Wildman–Crippen MR) is 191 cm³/mol. The van der Waals surface area contributed by atoms with Crippen molar-refractivity contribution in [3.05, 3.63) is 138 Å². The first-order valence-electron chi connectivity index (χ1n) is 16.3. The number of carbonyl (C=O) groups is 1. The SMILES string of the molecule is COc1ccc(CN(Cc2ccc(OC)cc2)c2ncnn3c(-c4cnn(-c5cc(NC(=O)c6cncc(C(F)(F)F)c6)ccc5C)c4)cnc23)cc1. The first kappa shape index (κ1) is 34.7. The number of pyridine rings is 1. The number of halogens is 3. The van der Waals surface area contributed by atoms with Crippen LogP contribution >= 0.6 is 0 Å². The summed E-state index contributed by atoms with van der Waals surface area (Å²) in [4.78, 5) is 28.0. The molecule has 268 valence electrons. The summed E-state index contributed by atoms with van der Waals surface area (Å²) in [6.07, 6.45) is 3.82. The molecule has 1 N–H and O–H groups in total. The second-order valence-electron chi connectivity index (χ2n) is 12.1. The Morgan fingerprint density at radius 3 is 2.15 bits per heavy atom. The van der Waals surface area contributed by atoms with Crippen molar-refractivity contribution in [3.63, 3.8) is 0 Å². The quantitative estimate of drug-likeness (QED) is 0.148. The topological polar surface area (TPSA) is 125 Å². The van der Waals surface area contributed by atoms with Gasteiger partial charge in [-0.2, -0.15) is 23.4 Å². The first-order valence-corrected chi connectivity index (χ1v) is 16.3. The molecular formula is C38H32F3N9O3. The maximum absolute atomic E-state index is 13.2. The van der Waals surface area contributed by atoms with Crippen molar-refractivity contribution in [1.29, 1.82) is 0 Å². The summed E-state index contributed by atoms with van der Waals surface area (Å²) in [5, 5.41) is 11.8. The summed E-state index contributed by atoms with van der Waals surface area (Å²) < 4.78 is 53.6. The zero-order valence-electron chi connectivity index (χ0n) is 28.7. The highest BCUT2D eigenvalue weighted by atomic mass is 19.4. The van der Waals surface area contributed by atoms with Crippen molar-refractivity contribution in [2.45, 2.75) is 26.2 Å². The van der Waals surface area contributed by atoms with E-state index < -0.39 is 17.6 Å².